The van der Waals surface area contributed by atoms with E-state index in [0.717, 1.165) is 37.9 Å². The van der Waals surface area contributed by atoms with E-state index >= 15 is 0 Å². The molecule has 1 aromatic carbocycles. The van der Waals surface area contributed by atoms with Gasteiger partial charge in [0.05, 0.1) is 0 Å². The van der Waals surface area contributed by atoms with E-state index in [-0.39, 0.29) is 18.5 Å². The summed E-state index contributed by atoms with van der Waals surface area (Å²) in [6.07, 6.45) is 2.77. The molecule has 4 rings (SSSR count). The van der Waals surface area contributed by atoms with Crippen LogP contribution in [-0.2, 0) is 16.1 Å². The first-order valence-corrected chi connectivity index (χ1v) is 11.4. The molecule has 2 unspecified atom stereocenters. The molecule has 0 bridgehead atoms. The molecule has 3 heterocycles. The van der Waals surface area contributed by atoms with Crippen LogP contribution in [0.1, 0.15) is 40.0 Å². The number of carbonyl (C=O) groups is 2. The predicted octanol–water partition coefficient (Wildman–Crippen LogP) is 2.84. The molecule has 9 nitrogen and oxygen atoms in total. The standard InChI is InChI=1S/C23H32N6O3/c1-23(2,3)32-22(31)28-13-11-19(15-28)18-10-7-12-27(14-18)20(30)16-29-25-21(24-26-29)17-8-5-4-6-9-17/h4-6,8-9,18-19H,7,10-16H2,1-3H3. The van der Waals surface area contributed by atoms with Gasteiger partial charge in [-0.25, -0.2) is 4.79 Å². The maximum atomic E-state index is 12.9. The molecule has 9 heteroatoms. The van der Waals surface area contributed by atoms with Crippen LogP contribution in [-0.4, -0.2) is 73.8 Å². The molecule has 2 saturated heterocycles. The van der Waals surface area contributed by atoms with Gasteiger partial charge in [-0.3, -0.25) is 4.79 Å². The van der Waals surface area contributed by atoms with Crippen molar-refractivity contribution in [3.05, 3.63) is 30.3 Å². The zero-order valence-electron chi connectivity index (χ0n) is 19.1. The number of hydrogen-bond acceptors (Lipinski definition) is 6. The van der Waals surface area contributed by atoms with Crippen LogP contribution in [0.5, 0.6) is 0 Å². The maximum absolute atomic E-state index is 12.9. The molecule has 2 aromatic rings. The van der Waals surface area contributed by atoms with Crippen molar-refractivity contribution in [3.8, 4) is 11.4 Å². The highest BCUT2D eigenvalue weighted by atomic mass is 16.6. The Balaban J connectivity index is 1.31. The molecule has 2 aliphatic heterocycles. The highest BCUT2D eigenvalue weighted by Gasteiger charge is 2.36. The van der Waals surface area contributed by atoms with Gasteiger partial charge in [0.15, 0.2) is 0 Å². The molecule has 32 heavy (non-hydrogen) atoms. The first-order chi connectivity index (χ1) is 15.3. The van der Waals surface area contributed by atoms with Crippen molar-refractivity contribution in [2.45, 2.75) is 52.2 Å². The number of likely N-dealkylation sites (tertiary alicyclic amines) is 2. The van der Waals surface area contributed by atoms with E-state index in [1.54, 1.807) is 4.90 Å². The van der Waals surface area contributed by atoms with Crippen molar-refractivity contribution in [3.63, 3.8) is 0 Å². The minimum atomic E-state index is -0.487. The Morgan fingerprint density at radius 1 is 1.03 bits per heavy atom. The van der Waals surface area contributed by atoms with Crippen LogP contribution in [0.15, 0.2) is 30.3 Å². The molecule has 2 atom stereocenters. The normalized spacial score (nSPS) is 21.6. The van der Waals surface area contributed by atoms with E-state index in [9.17, 15) is 9.59 Å². The zero-order chi connectivity index (χ0) is 22.7. The molecule has 1 aromatic heterocycles. The maximum Gasteiger partial charge on any atom is 0.410 e. The topological polar surface area (TPSA) is 93.5 Å². The van der Waals surface area contributed by atoms with Crippen molar-refractivity contribution in [1.82, 2.24) is 30.0 Å². The van der Waals surface area contributed by atoms with Gasteiger partial charge in [0, 0.05) is 31.7 Å². The van der Waals surface area contributed by atoms with E-state index < -0.39 is 5.60 Å². The highest BCUT2D eigenvalue weighted by molar-refractivity contribution is 5.76. The Labute approximate surface area is 188 Å². The van der Waals surface area contributed by atoms with Crippen molar-refractivity contribution in [1.29, 1.82) is 0 Å². The lowest BCUT2D eigenvalue weighted by Crippen LogP contribution is -2.44. The van der Waals surface area contributed by atoms with E-state index in [1.165, 1.54) is 4.80 Å². The smallest absolute Gasteiger partial charge is 0.410 e. The summed E-state index contributed by atoms with van der Waals surface area (Å²) < 4.78 is 5.52. The summed E-state index contributed by atoms with van der Waals surface area (Å²) in [5, 5.41) is 12.5. The lowest BCUT2D eigenvalue weighted by Gasteiger charge is -2.35. The van der Waals surface area contributed by atoms with E-state index in [2.05, 4.69) is 15.4 Å². The van der Waals surface area contributed by atoms with Crippen LogP contribution in [0.3, 0.4) is 0 Å². The number of hydrogen-bond donors (Lipinski definition) is 0. The Hall–Kier alpha value is -2.97. The summed E-state index contributed by atoms with van der Waals surface area (Å²) in [4.78, 5) is 30.4. The molecule has 0 saturated carbocycles. The second-order valence-corrected chi connectivity index (χ2v) is 9.73. The second-order valence-electron chi connectivity index (χ2n) is 9.73. The molecule has 0 spiro atoms. The molecule has 2 amide bonds. The third-order valence-electron chi connectivity index (χ3n) is 6.12. The fourth-order valence-electron chi connectivity index (χ4n) is 4.52. The molecule has 0 N–H and O–H groups in total. The minimum Gasteiger partial charge on any atom is -0.444 e. The van der Waals surface area contributed by atoms with Gasteiger partial charge >= 0.3 is 6.09 Å². The summed E-state index contributed by atoms with van der Waals surface area (Å²) in [5.41, 5.74) is 0.388. The van der Waals surface area contributed by atoms with Crippen LogP contribution in [0.25, 0.3) is 11.4 Å². The number of rotatable bonds is 4. The number of ether oxygens (including phenoxy) is 1. The van der Waals surface area contributed by atoms with Crippen molar-refractivity contribution < 1.29 is 14.3 Å². The number of piperidine rings is 1. The third kappa shape index (κ3) is 5.44. The van der Waals surface area contributed by atoms with Gasteiger partial charge in [-0.15, -0.1) is 10.2 Å². The Morgan fingerprint density at radius 2 is 1.75 bits per heavy atom. The lowest BCUT2D eigenvalue weighted by molar-refractivity contribution is -0.134. The summed E-state index contributed by atoms with van der Waals surface area (Å²) in [5.74, 6) is 1.31. The number of tetrazole rings is 1. The van der Waals surface area contributed by atoms with Gasteiger partial charge in [0.25, 0.3) is 0 Å². The first kappa shape index (κ1) is 22.2. The van der Waals surface area contributed by atoms with Crippen LogP contribution in [0.2, 0.25) is 0 Å². The van der Waals surface area contributed by atoms with Gasteiger partial charge in [-0.2, -0.15) is 4.80 Å². The van der Waals surface area contributed by atoms with Crippen LogP contribution >= 0.6 is 0 Å². The number of benzene rings is 1. The summed E-state index contributed by atoms with van der Waals surface area (Å²) >= 11 is 0. The number of aromatic nitrogens is 4. The lowest BCUT2D eigenvalue weighted by atomic mass is 9.85. The average Bonchev–Trinajstić information content (AvgIpc) is 3.43. The van der Waals surface area contributed by atoms with Crippen LogP contribution in [0.4, 0.5) is 4.79 Å². The molecular weight excluding hydrogens is 408 g/mol. The monoisotopic (exact) mass is 440 g/mol. The number of nitrogens with zero attached hydrogens (tertiary/aromatic N) is 6. The van der Waals surface area contributed by atoms with E-state index in [4.69, 9.17) is 4.74 Å². The second kappa shape index (κ2) is 9.26. The van der Waals surface area contributed by atoms with Crippen molar-refractivity contribution >= 4 is 12.0 Å². The van der Waals surface area contributed by atoms with E-state index in [0.29, 0.717) is 30.7 Å². The largest absolute Gasteiger partial charge is 0.444 e. The molecule has 2 fully saturated rings. The van der Waals surface area contributed by atoms with Gasteiger partial charge in [-0.1, -0.05) is 30.3 Å². The molecule has 2 aliphatic rings. The minimum absolute atomic E-state index is 0.00806. The van der Waals surface area contributed by atoms with Crippen LogP contribution in [0, 0.1) is 11.8 Å². The molecule has 172 valence electrons. The van der Waals surface area contributed by atoms with Gasteiger partial charge in [-0.05, 0) is 57.1 Å². The number of amides is 2. The summed E-state index contributed by atoms with van der Waals surface area (Å²) in [6.45, 7) is 8.62. The Morgan fingerprint density at radius 3 is 2.50 bits per heavy atom. The molecule has 0 aliphatic carbocycles. The summed E-state index contributed by atoms with van der Waals surface area (Å²) in [7, 11) is 0. The predicted molar refractivity (Wildman–Crippen MR) is 118 cm³/mol. The quantitative estimate of drug-likeness (QED) is 0.726. The van der Waals surface area contributed by atoms with Crippen molar-refractivity contribution in [2.75, 3.05) is 26.2 Å². The number of carbonyl (C=O) groups excluding carboxylic acids is 2. The summed E-state index contributed by atoms with van der Waals surface area (Å²) in [6, 6.07) is 9.60. The average molecular weight is 441 g/mol. The van der Waals surface area contributed by atoms with Gasteiger partial charge in [0.1, 0.15) is 12.1 Å². The van der Waals surface area contributed by atoms with Crippen molar-refractivity contribution in [2.24, 2.45) is 11.8 Å². The Bertz CT molecular complexity index is 939. The van der Waals surface area contributed by atoms with E-state index in [1.807, 2.05) is 56.0 Å². The fraction of sp³-hybridized carbons (Fsp3) is 0.609. The Kier molecular flexibility index (Phi) is 6.43. The van der Waals surface area contributed by atoms with Crippen LogP contribution < -0.4 is 0 Å². The third-order valence-corrected chi connectivity index (χ3v) is 6.12. The van der Waals surface area contributed by atoms with Gasteiger partial charge < -0.3 is 14.5 Å². The first-order valence-electron chi connectivity index (χ1n) is 11.4. The molecule has 0 radical (unpaired) electrons. The SMILES string of the molecule is CC(C)(C)OC(=O)N1CCC(C2CCCN(C(=O)Cn3nnc(-c4ccccc4)n3)C2)C1. The van der Waals surface area contributed by atoms with Gasteiger partial charge in [0.2, 0.25) is 11.7 Å². The zero-order valence-corrected chi connectivity index (χ0v) is 19.1. The molecular formula is C23H32N6O3. The highest BCUT2D eigenvalue weighted by Crippen LogP contribution is 2.31. The fourth-order valence-corrected chi connectivity index (χ4v) is 4.52.